The van der Waals surface area contributed by atoms with Crippen LogP contribution in [0.3, 0.4) is 0 Å². The van der Waals surface area contributed by atoms with Crippen molar-refractivity contribution in [2.75, 3.05) is 5.32 Å². The number of amides is 2. The fourth-order valence-electron chi connectivity index (χ4n) is 3.54. The van der Waals surface area contributed by atoms with Crippen molar-refractivity contribution in [3.63, 3.8) is 0 Å². The summed E-state index contributed by atoms with van der Waals surface area (Å²) < 4.78 is 0. The Labute approximate surface area is 196 Å². The molecule has 0 radical (unpaired) electrons. The van der Waals surface area contributed by atoms with E-state index in [4.69, 9.17) is 0 Å². The number of benzene rings is 2. The van der Waals surface area contributed by atoms with Crippen LogP contribution >= 0.6 is 0 Å². The summed E-state index contributed by atoms with van der Waals surface area (Å²) in [6.07, 6.45) is 2.40. The first-order chi connectivity index (χ1) is 15.8. The Balaban J connectivity index is 2.07. The zero-order valence-electron chi connectivity index (χ0n) is 19.6. The number of hydrogen-bond acceptors (Lipinski definition) is 4. The normalized spacial score (nSPS) is 13.7. The highest BCUT2D eigenvalue weighted by atomic mass is 16.4. The lowest BCUT2D eigenvalue weighted by atomic mass is 10.0. The predicted molar refractivity (Wildman–Crippen MR) is 130 cm³/mol. The van der Waals surface area contributed by atoms with Gasteiger partial charge in [0.05, 0.1) is 6.04 Å². The zero-order chi connectivity index (χ0) is 24.2. The second-order valence-corrected chi connectivity index (χ2v) is 8.70. The summed E-state index contributed by atoms with van der Waals surface area (Å²) in [5.74, 6) is -1.52. The first-order valence-corrected chi connectivity index (χ1v) is 11.4. The molecule has 0 aliphatic carbocycles. The molecule has 0 aliphatic heterocycles. The number of rotatable bonds is 13. The van der Waals surface area contributed by atoms with E-state index in [0.717, 1.165) is 12.0 Å². The van der Waals surface area contributed by atoms with E-state index in [1.807, 2.05) is 62.4 Å². The van der Waals surface area contributed by atoms with E-state index in [9.17, 15) is 19.5 Å². The average molecular weight is 454 g/mol. The van der Waals surface area contributed by atoms with Crippen LogP contribution in [0.5, 0.6) is 0 Å². The molecule has 7 nitrogen and oxygen atoms in total. The summed E-state index contributed by atoms with van der Waals surface area (Å²) in [4.78, 5) is 37.4. The molecule has 0 aromatic heterocycles. The number of para-hydroxylation sites is 1. The molecule has 0 saturated heterocycles. The molecule has 33 heavy (non-hydrogen) atoms. The topological polar surface area (TPSA) is 108 Å². The van der Waals surface area contributed by atoms with Gasteiger partial charge < -0.3 is 15.7 Å². The zero-order valence-corrected chi connectivity index (χ0v) is 19.6. The molecule has 4 N–H and O–H groups in total. The number of nitrogens with one attached hydrogen (secondary N) is 3. The van der Waals surface area contributed by atoms with Crippen molar-refractivity contribution < 1.29 is 19.5 Å². The van der Waals surface area contributed by atoms with E-state index >= 15 is 0 Å². The van der Waals surface area contributed by atoms with Crippen LogP contribution in [0, 0.1) is 5.92 Å². The Morgan fingerprint density at radius 1 is 0.848 bits per heavy atom. The number of hydrogen-bond donors (Lipinski definition) is 4. The molecule has 3 atom stereocenters. The fraction of sp³-hybridized carbons (Fsp3) is 0.423. The first-order valence-electron chi connectivity index (χ1n) is 11.4. The molecule has 0 fully saturated rings. The van der Waals surface area contributed by atoms with Gasteiger partial charge in [-0.15, -0.1) is 0 Å². The Hall–Kier alpha value is -3.19. The van der Waals surface area contributed by atoms with Crippen LogP contribution in [0.25, 0.3) is 0 Å². The molecule has 178 valence electrons. The highest BCUT2D eigenvalue weighted by Crippen LogP contribution is 2.12. The van der Waals surface area contributed by atoms with Gasteiger partial charge in [0.2, 0.25) is 11.8 Å². The van der Waals surface area contributed by atoms with Gasteiger partial charge in [0, 0.05) is 5.69 Å². The highest BCUT2D eigenvalue weighted by Gasteiger charge is 2.28. The van der Waals surface area contributed by atoms with Crippen molar-refractivity contribution in [3.05, 3.63) is 66.2 Å². The maximum absolute atomic E-state index is 13.1. The molecule has 2 rings (SSSR count). The molecular weight excluding hydrogens is 418 g/mol. The summed E-state index contributed by atoms with van der Waals surface area (Å²) in [6, 6.07) is 16.7. The van der Waals surface area contributed by atoms with E-state index in [2.05, 4.69) is 16.0 Å². The van der Waals surface area contributed by atoms with Crippen LogP contribution in [0.15, 0.2) is 60.7 Å². The first kappa shape index (κ1) is 26.1. The van der Waals surface area contributed by atoms with Gasteiger partial charge in [-0.1, -0.05) is 62.4 Å². The number of aliphatic carboxylic acids is 1. The van der Waals surface area contributed by atoms with Gasteiger partial charge in [-0.3, -0.25) is 19.7 Å². The van der Waals surface area contributed by atoms with Gasteiger partial charge in [-0.25, -0.2) is 0 Å². The number of carboxylic acid groups (broad SMARTS) is 1. The van der Waals surface area contributed by atoms with Crippen molar-refractivity contribution in [1.82, 2.24) is 10.6 Å². The van der Waals surface area contributed by atoms with Crippen molar-refractivity contribution in [3.8, 4) is 0 Å². The summed E-state index contributed by atoms with van der Waals surface area (Å²) in [7, 11) is 0. The summed E-state index contributed by atoms with van der Waals surface area (Å²) in [6.45, 7) is 5.47. The molecule has 2 amide bonds. The van der Waals surface area contributed by atoms with Gasteiger partial charge >= 0.3 is 5.97 Å². The lowest BCUT2D eigenvalue weighted by Crippen LogP contribution is -2.54. The minimum Gasteiger partial charge on any atom is -0.480 e. The van der Waals surface area contributed by atoms with Crippen molar-refractivity contribution in [2.24, 2.45) is 5.92 Å². The molecule has 0 aliphatic rings. The van der Waals surface area contributed by atoms with Crippen LogP contribution in [0.2, 0.25) is 0 Å². The second kappa shape index (κ2) is 13.4. The summed E-state index contributed by atoms with van der Waals surface area (Å²) in [5.41, 5.74) is 1.81. The minimum absolute atomic E-state index is 0.180. The highest BCUT2D eigenvalue weighted by molar-refractivity contribution is 5.97. The fourth-order valence-corrected chi connectivity index (χ4v) is 3.54. The van der Waals surface area contributed by atoms with Gasteiger partial charge in [0.25, 0.3) is 0 Å². The number of anilines is 1. The van der Waals surface area contributed by atoms with Gasteiger partial charge in [0.15, 0.2) is 0 Å². The average Bonchev–Trinajstić information content (AvgIpc) is 2.78. The van der Waals surface area contributed by atoms with Crippen LogP contribution in [-0.4, -0.2) is 41.0 Å². The summed E-state index contributed by atoms with van der Waals surface area (Å²) >= 11 is 0. The van der Waals surface area contributed by atoms with Crippen LogP contribution in [0.4, 0.5) is 5.69 Å². The van der Waals surface area contributed by atoms with E-state index in [-0.39, 0.29) is 17.7 Å². The lowest BCUT2D eigenvalue weighted by Gasteiger charge is -2.25. The van der Waals surface area contributed by atoms with Gasteiger partial charge in [-0.2, -0.15) is 0 Å². The molecular formula is C26H35N3O4. The third-order valence-electron chi connectivity index (χ3n) is 5.32. The van der Waals surface area contributed by atoms with E-state index < -0.39 is 24.1 Å². The number of carbonyl (C=O) groups is 3. The molecule has 2 aromatic carbocycles. The lowest BCUT2D eigenvalue weighted by molar-refractivity contribution is -0.139. The number of aryl methyl sites for hydroxylation is 1. The second-order valence-electron chi connectivity index (χ2n) is 8.70. The summed E-state index contributed by atoms with van der Waals surface area (Å²) in [5, 5.41) is 17.9. The predicted octanol–water partition coefficient (Wildman–Crippen LogP) is 3.61. The number of carbonyl (C=O) groups excluding carboxylic acids is 2. The standard InChI is InChI=1S/C26H35N3O4/c1-18(2)17-23(25(31)28-21-14-8-5-9-15-21)29-24(30)22(27-19(3)26(32)33)16-10-13-20-11-6-4-7-12-20/h4-9,11-12,14-15,18-19,22-23,27H,10,13,16-17H2,1-3H3,(H,28,31)(H,29,30)(H,32,33)/t19-,22+,23+/m1/s1. The number of carboxylic acids is 1. The Morgan fingerprint density at radius 2 is 1.45 bits per heavy atom. The molecule has 2 aromatic rings. The smallest absolute Gasteiger partial charge is 0.320 e. The van der Waals surface area contributed by atoms with Crippen molar-refractivity contribution in [1.29, 1.82) is 0 Å². The van der Waals surface area contributed by atoms with Crippen LogP contribution < -0.4 is 16.0 Å². The molecule has 0 bridgehead atoms. The van der Waals surface area contributed by atoms with E-state index in [1.54, 1.807) is 12.1 Å². The SMILES string of the molecule is CC(C)C[C@H](NC(=O)[C@H](CCCc1ccccc1)N[C@H](C)C(=O)O)C(=O)Nc1ccccc1. The maximum Gasteiger partial charge on any atom is 0.320 e. The van der Waals surface area contributed by atoms with Gasteiger partial charge in [-0.05, 0) is 56.2 Å². The maximum atomic E-state index is 13.1. The van der Waals surface area contributed by atoms with E-state index in [1.165, 1.54) is 6.92 Å². The van der Waals surface area contributed by atoms with Crippen LogP contribution in [-0.2, 0) is 20.8 Å². The van der Waals surface area contributed by atoms with Crippen molar-refractivity contribution in [2.45, 2.75) is 64.6 Å². The van der Waals surface area contributed by atoms with Crippen LogP contribution in [0.1, 0.15) is 45.6 Å². The Kier molecular flexibility index (Phi) is 10.6. The molecule has 7 heteroatoms. The third-order valence-corrected chi connectivity index (χ3v) is 5.32. The third kappa shape index (κ3) is 9.45. The Bertz CT molecular complexity index is 887. The quantitative estimate of drug-likeness (QED) is 0.371. The van der Waals surface area contributed by atoms with Gasteiger partial charge in [0.1, 0.15) is 12.1 Å². The molecule has 0 heterocycles. The van der Waals surface area contributed by atoms with E-state index in [0.29, 0.717) is 24.9 Å². The monoisotopic (exact) mass is 453 g/mol. The molecule has 0 spiro atoms. The van der Waals surface area contributed by atoms with Crippen molar-refractivity contribution >= 4 is 23.5 Å². The molecule has 0 saturated carbocycles. The Morgan fingerprint density at radius 3 is 2.03 bits per heavy atom. The minimum atomic E-state index is -1.03. The molecule has 0 unspecified atom stereocenters. The largest absolute Gasteiger partial charge is 0.480 e.